The molecule has 6 nitrogen and oxygen atoms in total. The molecule has 2 aromatic heterocycles. The second-order valence-electron chi connectivity index (χ2n) is 6.13. The van der Waals surface area contributed by atoms with Crippen LogP contribution in [0, 0.1) is 0 Å². The molecule has 0 saturated carbocycles. The molecule has 0 radical (unpaired) electrons. The number of hydrogen-bond acceptors (Lipinski definition) is 6. The smallest absolute Gasteiger partial charge is 0.262 e. The first kappa shape index (κ1) is 18.6. The molecule has 4 rings (SSSR count). The van der Waals surface area contributed by atoms with Crippen molar-refractivity contribution in [2.75, 3.05) is 17.2 Å². The number of para-hydroxylation sites is 1. The molecule has 2 heterocycles. The van der Waals surface area contributed by atoms with Crippen LogP contribution in [-0.2, 0) is 4.79 Å². The first-order chi connectivity index (χ1) is 14.3. The normalized spacial score (nSPS) is 10.3. The van der Waals surface area contributed by atoms with E-state index in [1.165, 1.54) is 11.3 Å². The Balaban J connectivity index is 1.33. The van der Waals surface area contributed by atoms with E-state index in [0.717, 1.165) is 22.1 Å². The number of pyridine rings is 1. The number of hydrogen-bond donors (Lipinski definition) is 2. The van der Waals surface area contributed by atoms with Crippen LogP contribution in [0.25, 0.3) is 11.3 Å². The van der Waals surface area contributed by atoms with Crippen LogP contribution < -0.4 is 15.4 Å². The van der Waals surface area contributed by atoms with Crippen molar-refractivity contribution >= 4 is 33.8 Å². The molecule has 29 heavy (non-hydrogen) atoms. The second kappa shape index (κ2) is 8.99. The van der Waals surface area contributed by atoms with Gasteiger partial charge in [0.25, 0.3) is 5.91 Å². The van der Waals surface area contributed by atoms with E-state index in [4.69, 9.17) is 4.74 Å². The van der Waals surface area contributed by atoms with Gasteiger partial charge in [0.05, 0.1) is 17.6 Å². The number of aromatic nitrogens is 2. The number of nitrogens with zero attached hydrogens (tertiary/aromatic N) is 2. The summed E-state index contributed by atoms with van der Waals surface area (Å²) in [6, 6.07) is 20.6. The maximum Gasteiger partial charge on any atom is 0.262 e. The number of anilines is 3. The van der Waals surface area contributed by atoms with Gasteiger partial charge in [0, 0.05) is 22.8 Å². The molecule has 0 aliphatic rings. The van der Waals surface area contributed by atoms with Gasteiger partial charge in [0.2, 0.25) is 0 Å². The summed E-state index contributed by atoms with van der Waals surface area (Å²) in [6.07, 6.45) is 3.48. The number of rotatable bonds is 7. The maximum absolute atomic E-state index is 12.1. The van der Waals surface area contributed by atoms with Crippen molar-refractivity contribution in [3.05, 3.63) is 84.5 Å². The zero-order chi connectivity index (χ0) is 19.9. The summed E-state index contributed by atoms with van der Waals surface area (Å²) < 4.78 is 5.45. The lowest BCUT2D eigenvalue weighted by atomic mass is 10.1. The van der Waals surface area contributed by atoms with Crippen LogP contribution in [-0.4, -0.2) is 22.5 Å². The van der Waals surface area contributed by atoms with Crippen molar-refractivity contribution in [1.82, 2.24) is 9.97 Å². The quantitative estimate of drug-likeness (QED) is 0.457. The Morgan fingerprint density at radius 1 is 0.966 bits per heavy atom. The van der Waals surface area contributed by atoms with Crippen molar-refractivity contribution < 1.29 is 9.53 Å². The van der Waals surface area contributed by atoms with Gasteiger partial charge >= 0.3 is 0 Å². The average Bonchev–Trinajstić information content (AvgIpc) is 3.23. The highest BCUT2D eigenvalue weighted by Crippen LogP contribution is 2.27. The predicted molar refractivity (Wildman–Crippen MR) is 116 cm³/mol. The van der Waals surface area contributed by atoms with Crippen molar-refractivity contribution in [2.45, 2.75) is 0 Å². The minimum absolute atomic E-state index is 0.0405. The molecule has 0 unspecified atom stereocenters. The Morgan fingerprint density at radius 3 is 2.55 bits per heavy atom. The Labute approximate surface area is 172 Å². The van der Waals surface area contributed by atoms with Gasteiger partial charge in [-0.1, -0.05) is 30.3 Å². The largest absolute Gasteiger partial charge is 0.484 e. The van der Waals surface area contributed by atoms with Gasteiger partial charge in [-0.25, -0.2) is 4.98 Å². The maximum atomic E-state index is 12.1. The van der Waals surface area contributed by atoms with Crippen LogP contribution in [0.1, 0.15) is 0 Å². The molecule has 0 atom stereocenters. The molecule has 2 aromatic carbocycles. The predicted octanol–water partition coefficient (Wildman–Crippen LogP) is 4.97. The second-order valence-corrected chi connectivity index (χ2v) is 6.99. The first-order valence-corrected chi connectivity index (χ1v) is 9.85. The SMILES string of the molecule is O=C(COc1ccccc1)Nc1ccc(-c2csc(Nc3cccnc3)n2)cc1. The highest BCUT2D eigenvalue weighted by molar-refractivity contribution is 7.14. The summed E-state index contributed by atoms with van der Waals surface area (Å²) >= 11 is 1.52. The fraction of sp³-hybridized carbons (Fsp3) is 0.0455. The molecule has 1 amide bonds. The number of nitrogens with one attached hydrogen (secondary N) is 2. The monoisotopic (exact) mass is 402 g/mol. The Morgan fingerprint density at radius 2 is 1.79 bits per heavy atom. The lowest BCUT2D eigenvalue weighted by molar-refractivity contribution is -0.118. The summed E-state index contributed by atoms with van der Waals surface area (Å²) in [5.74, 6) is 0.454. The first-order valence-electron chi connectivity index (χ1n) is 8.97. The van der Waals surface area contributed by atoms with E-state index in [0.29, 0.717) is 11.4 Å². The van der Waals surface area contributed by atoms with E-state index < -0.39 is 0 Å². The van der Waals surface area contributed by atoms with Crippen molar-refractivity contribution in [3.63, 3.8) is 0 Å². The molecule has 0 aliphatic carbocycles. The molecule has 0 fully saturated rings. The molecule has 0 bridgehead atoms. The van der Waals surface area contributed by atoms with Crippen LogP contribution in [0.2, 0.25) is 0 Å². The van der Waals surface area contributed by atoms with Gasteiger partial charge in [-0.05, 0) is 36.4 Å². The summed E-state index contributed by atoms with van der Waals surface area (Å²) in [5.41, 5.74) is 3.44. The van der Waals surface area contributed by atoms with Gasteiger partial charge in [0.1, 0.15) is 5.75 Å². The van der Waals surface area contributed by atoms with Crippen LogP contribution in [0.3, 0.4) is 0 Å². The van der Waals surface area contributed by atoms with Crippen LogP contribution >= 0.6 is 11.3 Å². The van der Waals surface area contributed by atoms with E-state index in [9.17, 15) is 4.79 Å². The third-order valence-electron chi connectivity index (χ3n) is 3.99. The van der Waals surface area contributed by atoms with E-state index >= 15 is 0 Å². The molecule has 144 valence electrons. The Hall–Kier alpha value is -3.71. The number of carbonyl (C=O) groups excluding carboxylic acids is 1. The Kier molecular flexibility index (Phi) is 5.78. The van der Waals surface area contributed by atoms with Crippen molar-refractivity contribution in [1.29, 1.82) is 0 Å². The van der Waals surface area contributed by atoms with Crippen molar-refractivity contribution in [3.8, 4) is 17.0 Å². The van der Waals surface area contributed by atoms with E-state index in [2.05, 4.69) is 20.6 Å². The third-order valence-corrected chi connectivity index (χ3v) is 4.75. The number of ether oxygens (including phenoxy) is 1. The topological polar surface area (TPSA) is 76.1 Å². The molecule has 0 saturated heterocycles. The summed E-state index contributed by atoms with van der Waals surface area (Å²) in [4.78, 5) is 20.7. The highest BCUT2D eigenvalue weighted by atomic mass is 32.1. The average molecular weight is 402 g/mol. The van der Waals surface area contributed by atoms with Crippen LogP contribution in [0.5, 0.6) is 5.75 Å². The lowest BCUT2D eigenvalue weighted by Crippen LogP contribution is -2.20. The van der Waals surface area contributed by atoms with Crippen LogP contribution in [0.4, 0.5) is 16.5 Å². The fourth-order valence-electron chi connectivity index (χ4n) is 2.61. The summed E-state index contributed by atoms with van der Waals surface area (Å²) in [7, 11) is 0. The standard InChI is InChI=1S/C22H18N4O2S/c27-21(14-28-19-6-2-1-3-7-19)24-17-10-8-16(9-11-17)20-15-29-22(26-20)25-18-5-4-12-23-13-18/h1-13,15H,14H2,(H,24,27)(H,25,26). The molecule has 0 aliphatic heterocycles. The number of thiazole rings is 1. The van der Waals surface area contributed by atoms with Gasteiger partial charge in [-0.2, -0.15) is 0 Å². The molecule has 0 spiro atoms. The van der Waals surface area contributed by atoms with E-state index in [1.54, 1.807) is 12.4 Å². The number of benzene rings is 2. The van der Waals surface area contributed by atoms with Crippen molar-refractivity contribution in [2.24, 2.45) is 0 Å². The fourth-order valence-corrected chi connectivity index (χ4v) is 3.35. The Bertz CT molecular complexity index is 1070. The number of carbonyl (C=O) groups is 1. The van der Waals surface area contributed by atoms with Crippen LogP contribution in [0.15, 0.2) is 84.5 Å². The zero-order valence-electron chi connectivity index (χ0n) is 15.4. The minimum Gasteiger partial charge on any atom is -0.484 e. The van der Waals surface area contributed by atoms with Gasteiger partial charge in [-0.15, -0.1) is 11.3 Å². The van der Waals surface area contributed by atoms with Gasteiger partial charge in [0.15, 0.2) is 11.7 Å². The molecular weight excluding hydrogens is 384 g/mol. The lowest BCUT2D eigenvalue weighted by Gasteiger charge is -2.08. The third kappa shape index (κ3) is 5.18. The highest BCUT2D eigenvalue weighted by Gasteiger charge is 2.07. The molecule has 4 aromatic rings. The van der Waals surface area contributed by atoms with E-state index in [1.807, 2.05) is 72.1 Å². The van der Waals surface area contributed by atoms with Gasteiger partial charge in [-0.3, -0.25) is 9.78 Å². The minimum atomic E-state index is -0.210. The number of amides is 1. The van der Waals surface area contributed by atoms with E-state index in [-0.39, 0.29) is 12.5 Å². The molecule has 7 heteroatoms. The molecular formula is C22H18N4O2S. The summed E-state index contributed by atoms with van der Waals surface area (Å²) in [5, 5.41) is 8.84. The molecule has 2 N–H and O–H groups in total. The van der Waals surface area contributed by atoms with Gasteiger partial charge < -0.3 is 15.4 Å². The summed E-state index contributed by atoms with van der Waals surface area (Å²) in [6.45, 7) is -0.0405. The zero-order valence-corrected chi connectivity index (χ0v) is 16.2.